The van der Waals surface area contributed by atoms with Gasteiger partial charge >= 0.3 is 0 Å². The second-order valence-corrected chi connectivity index (χ2v) is 7.50. The number of thiazole rings is 1. The zero-order valence-electron chi connectivity index (χ0n) is 14.7. The molecule has 2 aromatic carbocycles. The number of hydrogen-bond acceptors (Lipinski definition) is 5. The number of aromatic nitrogens is 1. The number of rotatable bonds is 4. The van der Waals surface area contributed by atoms with Gasteiger partial charge in [0.15, 0.2) is 17.9 Å². The number of anilines is 1. The van der Waals surface area contributed by atoms with Gasteiger partial charge in [-0.2, -0.15) is 0 Å². The summed E-state index contributed by atoms with van der Waals surface area (Å²) >= 11 is 1.38. The van der Waals surface area contributed by atoms with Crippen LogP contribution in [0.4, 0.5) is 10.1 Å². The molecule has 0 spiro atoms. The van der Waals surface area contributed by atoms with E-state index >= 15 is 0 Å². The molecule has 0 unspecified atom stereocenters. The minimum absolute atomic E-state index is 0.0763. The number of carbonyl (C=O) groups is 1. The smallest absolute Gasteiger partial charge is 0.166 e. The summed E-state index contributed by atoms with van der Waals surface area (Å²) in [6.07, 6.45) is 4.22. The maximum absolute atomic E-state index is 13.8. The van der Waals surface area contributed by atoms with Gasteiger partial charge in [-0.15, -0.1) is 11.3 Å². The highest BCUT2D eigenvalue weighted by atomic mass is 32.1. The number of halogens is 1. The maximum atomic E-state index is 13.8. The Labute approximate surface area is 160 Å². The van der Waals surface area contributed by atoms with Crippen molar-refractivity contribution in [3.05, 3.63) is 53.2 Å². The Bertz CT molecular complexity index is 963. The van der Waals surface area contributed by atoms with E-state index < -0.39 is 11.6 Å². The molecule has 4 rings (SSSR count). The molecule has 1 aliphatic heterocycles. The van der Waals surface area contributed by atoms with Crippen molar-refractivity contribution in [2.75, 3.05) is 18.0 Å². The van der Waals surface area contributed by atoms with Gasteiger partial charge in [0, 0.05) is 35.3 Å². The van der Waals surface area contributed by atoms with E-state index in [1.54, 1.807) is 0 Å². The fourth-order valence-corrected chi connectivity index (χ4v) is 4.18. The molecule has 138 valence electrons. The molecule has 0 radical (unpaired) electrons. The Kier molecular flexibility index (Phi) is 4.90. The number of phenolic OH excluding ortho intramolecular Hbond substituents is 1. The number of benzene rings is 2. The molecule has 0 bridgehead atoms. The van der Waals surface area contributed by atoms with E-state index in [9.17, 15) is 14.3 Å². The minimum atomic E-state index is -0.822. The largest absolute Gasteiger partial charge is 0.504 e. The van der Waals surface area contributed by atoms with Gasteiger partial charge in [0.1, 0.15) is 5.01 Å². The summed E-state index contributed by atoms with van der Waals surface area (Å²) < 4.78 is 13.8. The van der Waals surface area contributed by atoms with Gasteiger partial charge in [0.05, 0.1) is 11.3 Å². The van der Waals surface area contributed by atoms with E-state index in [0.717, 1.165) is 24.3 Å². The van der Waals surface area contributed by atoms with Crippen molar-refractivity contribution in [1.82, 2.24) is 4.98 Å². The number of hydrogen-bond donors (Lipinski definition) is 1. The summed E-state index contributed by atoms with van der Waals surface area (Å²) in [7, 11) is 0. The number of nitrogens with zero attached hydrogens (tertiary/aromatic N) is 2. The number of aldehydes is 1. The van der Waals surface area contributed by atoms with E-state index in [-0.39, 0.29) is 5.56 Å². The van der Waals surface area contributed by atoms with Gasteiger partial charge in [-0.1, -0.05) is 12.1 Å². The van der Waals surface area contributed by atoms with Crippen LogP contribution in [0.1, 0.15) is 29.6 Å². The summed E-state index contributed by atoms with van der Waals surface area (Å²) in [6.45, 7) is 2.21. The van der Waals surface area contributed by atoms with E-state index in [0.29, 0.717) is 16.9 Å². The van der Waals surface area contributed by atoms with Crippen molar-refractivity contribution in [2.45, 2.75) is 19.3 Å². The summed E-state index contributed by atoms with van der Waals surface area (Å²) in [5.41, 5.74) is 3.43. The molecule has 1 aliphatic rings. The number of phenols is 1. The SMILES string of the molecule is O=Cc1cc(-c2nc(-c3ccc(N4CCCCC4)cc3)cs2)cc(F)c1O. The first kappa shape index (κ1) is 17.7. The van der Waals surface area contributed by atoms with Crippen molar-refractivity contribution in [3.8, 4) is 27.6 Å². The monoisotopic (exact) mass is 382 g/mol. The van der Waals surface area contributed by atoms with Gasteiger partial charge in [-0.05, 0) is 43.5 Å². The highest BCUT2D eigenvalue weighted by molar-refractivity contribution is 7.13. The lowest BCUT2D eigenvalue weighted by Gasteiger charge is -2.28. The second kappa shape index (κ2) is 7.48. The van der Waals surface area contributed by atoms with Crippen LogP contribution < -0.4 is 4.90 Å². The van der Waals surface area contributed by atoms with Crippen LogP contribution in [0.25, 0.3) is 21.8 Å². The fourth-order valence-electron chi connectivity index (χ4n) is 3.37. The van der Waals surface area contributed by atoms with Crippen molar-refractivity contribution in [1.29, 1.82) is 0 Å². The molecule has 1 saturated heterocycles. The van der Waals surface area contributed by atoms with Crippen LogP contribution >= 0.6 is 11.3 Å². The summed E-state index contributed by atoms with van der Waals surface area (Å²) in [5, 5.41) is 12.1. The third-order valence-corrected chi connectivity index (χ3v) is 5.75. The number of piperidine rings is 1. The Balaban J connectivity index is 1.59. The Hall–Kier alpha value is -2.73. The van der Waals surface area contributed by atoms with Gasteiger partial charge in [-0.3, -0.25) is 4.79 Å². The molecule has 27 heavy (non-hydrogen) atoms. The molecule has 0 atom stereocenters. The van der Waals surface area contributed by atoms with Crippen LogP contribution in [0.2, 0.25) is 0 Å². The van der Waals surface area contributed by atoms with Crippen LogP contribution in [0.3, 0.4) is 0 Å². The fraction of sp³-hybridized carbons (Fsp3) is 0.238. The lowest BCUT2D eigenvalue weighted by molar-refractivity contribution is 0.112. The Morgan fingerprint density at radius 3 is 2.52 bits per heavy atom. The number of carbonyl (C=O) groups excluding carboxylic acids is 1. The molecular weight excluding hydrogens is 363 g/mol. The van der Waals surface area contributed by atoms with Gasteiger partial charge in [0.25, 0.3) is 0 Å². The molecule has 1 N–H and O–H groups in total. The van der Waals surface area contributed by atoms with E-state index in [1.807, 2.05) is 5.38 Å². The molecule has 2 heterocycles. The van der Waals surface area contributed by atoms with Crippen LogP contribution in [-0.4, -0.2) is 29.5 Å². The Morgan fingerprint density at radius 1 is 1.07 bits per heavy atom. The zero-order chi connectivity index (χ0) is 18.8. The quantitative estimate of drug-likeness (QED) is 0.636. The standard InChI is InChI=1S/C21H19FN2O2S/c22-18-11-15(10-16(12-25)20(18)26)21-23-19(13-27-21)14-4-6-17(7-5-14)24-8-2-1-3-9-24/h4-7,10-13,26H,1-3,8-9H2. The Morgan fingerprint density at radius 2 is 1.81 bits per heavy atom. The first-order valence-corrected chi connectivity index (χ1v) is 9.82. The van der Waals surface area contributed by atoms with Crippen LogP contribution in [0, 0.1) is 5.82 Å². The van der Waals surface area contributed by atoms with E-state index in [1.165, 1.54) is 48.4 Å². The molecule has 0 aliphatic carbocycles. The van der Waals surface area contributed by atoms with Crippen molar-refractivity contribution >= 4 is 23.3 Å². The van der Waals surface area contributed by atoms with Crippen LogP contribution in [0.5, 0.6) is 5.75 Å². The first-order valence-electron chi connectivity index (χ1n) is 8.94. The van der Waals surface area contributed by atoms with Crippen LogP contribution in [-0.2, 0) is 0 Å². The first-order chi connectivity index (χ1) is 13.2. The lowest BCUT2D eigenvalue weighted by atomic mass is 10.1. The molecule has 1 aromatic heterocycles. The molecule has 0 amide bonds. The predicted octanol–water partition coefficient (Wildman–Crippen LogP) is 5.12. The molecule has 0 saturated carbocycles. The van der Waals surface area contributed by atoms with Crippen molar-refractivity contribution < 1.29 is 14.3 Å². The minimum Gasteiger partial charge on any atom is -0.504 e. The van der Waals surface area contributed by atoms with E-state index in [4.69, 9.17) is 0 Å². The van der Waals surface area contributed by atoms with Crippen LogP contribution in [0.15, 0.2) is 41.8 Å². The van der Waals surface area contributed by atoms with Gasteiger partial charge < -0.3 is 10.0 Å². The summed E-state index contributed by atoms with van der Waals surface area (Å²) in [6, 6.07) is 11.0. The zero-order valence-corrected chi connectivity index (χ0v) is 15.5. The van der Waals surface area contributed by atoms with Crippen molar-refractivity contribution in [2.24, 2.45) is 0 Å². The molecular formula is C21H19FN2O2S. The highest BCUT2D eigenvalue weighted by Gasteiger charge is 2.14. The van der Waals surface area contributed by atoms with Crippen molar-refractivity contribution in [3.63, 3.8) is 0 Å². The average molecular weight is 382 g/mol. The molecule has 6 heteroatoms. The normalized spacial score (nSPS) is 14.3. The number of aromatic hydroxyl groups is 1. The average Bonchev–Trinajstić information content (AvgIpc) is 3.21. The molecule has 3 aromatic rings. The summed E-state index contributed by atoms with van der Waals surface area (Å²) in [4.78, 5) is 18.0. The second-order valence-electron chi connectivity index (χ2n) is 6.65. The van der Waals surface area contributed by atoms with Gasteiger partial charge in [-0.25, -0.2) is 9.37 Å². The predicted molar refractivity (Wildman–Crippen MR) is 106 cm³/mol. The summed E-state index contributed by atoms with van der Waals surface area (Å²) in [5.74, 6) is -1.45. The maximum Gasteiger partial charge on any atom is 0.166 e. The third kappa shape index (κ3) is 3.57. The topological polar surface area (TPSA) is 53.4 Å². The van der Waals surface area contributed by atoms with Gasteiger partial charge in [0.2, 0.25) is 0 Å². The van der Waals surface area contributed by atoms with E-state index in [2.05, 4.69) is 34.1 Å². The third-order valence-electron chi connectivity index (χ3n) is 4.86. The molecule has 1 fully saturated rings. The highest BCUT2D eigenvalue weighted by Crippen LogP contribution is 2.33. The molecule has 4 nitrogen and oxygen atoms in total. The lowest BCUT2D eigenvalue weighted by Crippen LogP contribution is -2.29.